The summed E-state index contributed by atoms with van der Waals surface area (Å²) in [5.74, 6) is -0.233. The largest absolute Gasteiger partial charge is 0.380 e. The van der Waals surface area contributed by atoms with Gasteiger partial charge in [-0.3, -0.25) is 4.79 Å². The lowest BCUT2D eigenvalue weighted by atomic mass is 10.0. The Kier molecular flexibility index (Phi) is 3.45. The normalized spacial score (nSPS) is 17.2. The Hall–Kier alpha value is -1.87. The van der Waals surface area contributed by atoms with Crippen LogP contribution in [0.15, 0.2) is 42.5 Å². The predicted octanol–water partition coefficient (Wildman–Crippen LogP) is 2.76. The molecular weight excluding hydrogens is 250 g/mol. The summed E-state index contributed by atoms with van der Waals surface area (Å²) in [6, 6.07) is 14.3. The quantitative estimate of drug-likeness (QED) is 0.900. The molecule has 1 saturated carbocycles. The van der Waals surface area contributed by atoms with Gasteiger partial charge in [-0.25, -0.2) is 0 Å². The highest BCUT2D eigenvalue weighted by Gasteiger charge is 2.38. The second-order valence-corrected chi connectivity index (χ2v) is 5.60. The zero-order valence-corrected chi connectivity index (χ0v) is 11.4. The number of aliphatic hydroxyl groups is 1. The van der Waals surface area contributed by atoms with E-state index in [9.17, 15) is 9.90 Å². The molecule has 0 saturated heterocycles. The molecule has 0 aliphatic heterocycles. The highest BCUT2D eigenvalue weighted by Crippen LogP contribution is 2.29. The molecule has 3 nitrogen and oxygen atoms in total. The van der Waals surface area contributed by atoms with Crippen LogP contribution < -0.4 is 5.32 Å². The van der Waals surface area contributed by atoms with E-state index in [1.165, 1.54) is 10.8 Å². The second kappa shape index (κ2) is 5.25. The van der Waals surface area contributed by atoms with Crippen molar-refractivity contribution >= 4 is 16.7 Å². The van der Waals surface area contributed by atoms with Crippen LogP contribution >= 0.6 is 0 Å². The van der Waals surface area contributed by atoms with Crippen molar-refractivity contribution in [1.29, 1.82) is 0 Å². The fourth-order valence-electron chi connectivity index (χ4n) is 2.88. The average Bonchev–Trinajstić information content (AvgIpc) is 2.92. The Morgan fingerprint density at radius 3 is 2.55 bits per heavy atom. The number of benzene rings is 2. The summed E-state index contributed by atoms with van der Waals surface area (Å²) in [5.41, 5.74) is -0.0877. The topological polar surface area (TPSA) is 49.3 Å². The second-order valence-electron chi connectivity index (χ2n) is 5.60. The molecule has 2 aromatic carbocycles. The van der Waals surface area contributed by atoms with E-state index < -0.39 is 5.60 Å². The number of nitrogens with one attached hydrogen (secondary N) is 1. The van der Waals surface area contributed by atoms with Gasteiger partial charge in [-0.1, -0.05) is 36.4 Å². The van der Waals surface area contributed by atoms with Gasteiger partial charge in [-0.15, -0.1) is 0 Å². The SMILES string of the molecule is O=C(NCc1ccc2ccccc2c1)C1(O)CCCC1. The third-order valence-electron chi connectivity index (χ3n) is 4.12. The summed E-state index contributed by atoms with van der Waals surface area (Å²) in [4.78, 5) is 12.0. The fourth-order valence-corrected chi connectivity index (χ4v) is 2.88. The molecule has 0 atom stereocenters. The van der Waals surface area contributed by atoms with Gasteiger partial charge in [0.2, 0.25) is 0 Å². The minimum absolute atomic E-state index is 0.233. The Morgan fingerprint density at radius 2 is 1.80 bits per heavy atom. The fraction of sp³-hybridized carbons (Fsp3) is 0.353. The van der Waals surface area contributed by atoms with Gasteiger partial charge in [0.25, 0.3) is 5.91 Å². The third-order valence-corrected chi connectivity index (χ3v) is 4.12. The van der Waals surface area contributed by atoms with E-state index in [2.05, 4.69) is 29.6 Å². The van der Waals surface area contributed by atoms with Crippen LogP contribution in [0.25, 0.3) is 10.8 Å². The van der Waals surface area contributed by atoms with Gasteiger partial charge in [-0.05, 0) is 48.1 Å². The van der Waals surface area contributed by atoms with Crippen LogP contribution in [0.2, 0.25) is 0 Å². The number of fused-ring (bicyclic) bond motifs is 1. The lowest BCUT2D eigenvalue weighted by Gasteiger charge is -2.21. The van der Waals surface area contributed by atoms with Crippen molar-refractivity contribution in [2.24, 2.45) is 0 Å². The molecule has 0 radical (unpaired) electrons. The molecule has 1 amide bonds. The molecule has 20 heavy (non-hydrogen) atoms. The van der Waals surface area contributed by atoms with Crippen LogP contribution in [0.3, 0.4) is 0 Å². The number of hydrogen-bond donors (Lipinski definition) is 2. The highest BCUT2D eigenvalue weighted by molar-refractivity contribution is 5.86. The summed E-state index contributed by atoms with van der Waals surface area (Å²) in [6.45, 7) is 0.464. The summed E-state index contributed by atoms with van der Waals surface area (Å²) < 4.78 is 0. The number of carbonyl (C=O) groups is 1. The molecule has 104 valence electrons. The highest BCUT2D eigenvalue weighted by atomic mass is 16.3. The van der Waals surface area contributed by atoms with Crippen molar-refractivity contribution in [2.75, 3.05) is 0 Å². The molecule has 1 fully saturated rings. The van der Waals surface area contributed by atoms with Crippen molar-refractivity contribution in [1.82, 2.24) is 5.32 Å². The van der Waals surface area contributed by atoms with Crippen LogP contribution in [-0.2, 0) is 11.3 Å². The lowest BCUT2D eigenvalue weighted by Crippen LogP contribution is -2.44. The molecule has 3 heteroatoms. The molecular formula is C17H19NO2. The first-order valence-corrected chi connectivity index (χ1v) is 7.16. The lowest BCUT2D eigenvalue weighted by molar-refractivity contribution is -0.139. The molecule has 3 rings (SSSR count). The summed E-state index contributed by atoms with van der Waals surface area (Å²) in [6.07, 6.45) is 3.02. The van der Waals surface area contributed by atoms with Gasteiger partial charge in [0.05, 0.1) is 0 Å². The zero-order valence-electron chi connectivity index (χ0n) is 11.4. The molecule has 2 N–H and O–H groups in total. The van der Waals surface area contributed by atoms with Crippen LogP contribution in [0.5, 0.6) is 0 Å². The van der Waals surface area contributed by atoms with Crippen LogP contribution in [0.1, 0.15) is 31.2 Å². The molecule has 0 aromatic heterocycles. The van der Waals surface area contributed by atoms with Crippen molar-refractivity contribution in [2.45, 2.75) is 37.8 Å². The van der Waals surface area contributed by atoms with Crippen molar-refractivity contribution in [3.05, 3.63) is 48.0 Å². The minimum atomic E-state index is -1.14. The number of amides is 1. The van der Waals surface area contributed by atoms with Crippen LogP contribution in [0, 0.1) is 0 Å². The van der Waals surface area contributed by atoms with Crippen molar-refractivity contribution < 1.29 is 9.90 Å². The molecule has 0 bridgehead atoms. The van der Waals surface area contributed by atoms with Crippen LogP contribution in [-0.4, -0.2) is 16.6 Å². The van der Waals surface area contributed by atoms with Gasteiger partial charge in [-0.2, -0.15) is 0 Å². The van der Waals surface area contributed by atoms with E-state index in [1.54, 1.807) is 0 Å². The summed E-state index contributed by atoms with van der Waals surface area (Å²) in [5, 5.41) is 15.4. The Labute approximate surface area is 118 Å². The standard InChI is InChI=1S/C17H19NO2/c19-16(17(20)9-3-4-10-17)18-12-13-7-8-14-5-1-2-6-15(14)11-13/h1-2,5-8,11,20H,3-4,9-10,12H2,(H,18,19). The van der Waals surface area contributed by atoms with Gasteiger partial charge in [0, 0.05) is 6.54 Å². The van der Waals surface area contributed by atoms with Gasteiger partial charge >= 0.3 is 0 Å². The molecule has 1 aliphatic rings. The zero-order chi connectivity index (χ0) is 14.0. The first kappa shape index (κ1) is 13.1. The molecule has 0 unspecified atom stereocenters. The van der Waals surface area contributed by atoms with E-state index in [1.807, 2.05) is 18.2 Å². The minimum Gasteiger partial charge on any atom is -0.380 e. The molecule has 0 spiro atoms. The Bertz CT molecular complexity index is 630. The third kappa shape index (κ3) is 2.54. The average molecular weight is 269 g/mol. The summed E-state index contributed by atoms with van der Waals surface area (Å²) >= 11 is 0. The maximum atomic E-state index is 12.0. The Morgan fingerprint density at radius 1 is 1.10 bits per heavy atom. The van der Waals surface area contributed by atoms with Gasteiger partial charge in [0.1, 0.15) is 5.60 Å². The van der Waals surface area contributed by atoms with Gasteiger partial charge in [0.15, 0.2) is 0 Å². The van der Waals surface area contributed by atoms with Crippen molar-refractivity contribution in [3.63, 3.8) is 0 Å². The first-order chi connectivity index (χ1) is 9.67. The van der Waals surface area contributed by atoms with E-state index in [0.717, 1.165) is 18.4 Å². The van der Waals surface area contributed by atoms with E-state index in [4.69, 9.17) is 0 Å². The number of rotatable bonds is 3. The molecule has 0 heterocycles. The Balaban J connectivity index is 1.69. The monoisotopic (exact) mass is 269 g/mol. The maximum absolute atomic E-state index is 12.0. The van der Waals surface area contributed by atoms with Gasteiger partial charge < -0.3 is 10.4 Å². The first-order valence-electron chi connectivity index (χ1n) is 7.16. The van der Waals surface area contributed by atoms with E-state index >= 15 is 0 Å². The summed E-state index contributed by atoms with van der Waals surface area (Å²) in [7, 11) is 0. The maximum Gasteiger partial charge on any atom is 0.252 e. The number of hydrogen-bond acceptors (Lipinski definition) is 2. The van der Waals surface area contributed by atoms with E-state index in [0.29, 0.717) is 19.4 Å². The smallest absolute Gasteiger partial charge is 0.252 e. The number of carbonyl (C=O) groups excluding carboxylic acids is 1. The predicted molar refractivity (Wildman–Crippen MR) is 79.2 cm³/mol. The van der Waals surface area contributed by atoms with Crippen molar-refractivity contribution in [3.8, 4) is 0 Å². The molecule has 1 aliphatic carbocycles. The molecule has 2 aromatic rings. The van der Waals surface area contributed by atoms with Crippen LogP contribution in [0.4, 0.5) is 0 Å². The van der Waals surface area contributed by atoms with E-state index in [-0.39, 0.29) is 5.91 Å².